The zero-order chi connectivity index (χ0) is 15.5. The first kappa shape index (κ1) is 14.5. The molecule has 0 aliphatic heterocycles. The molecule has 3 aromatic rings. The van der Waals surface area contributed by atoms with Gasteiger partial charge in [0.05, 0.1) is 13.5 Å². The van der Waals surface area contributed by atoms with Crippen molar-refractivity contribution in [3.8, 4) is 11.1 Å². The average Bonchev–Trinajstić information content (AvgIpc) is 3.04. The summed E-state index contributed by atoms with van der Waals surface area (Å²) in [4.78, 5) is 12.4. The van der Waals surface area contributed by atoms with Crippen LogP contribution in [0.3, 0.4) is 0 Å². The number of ether oxygens (including phenoxy) is 1. The lowest BCUT2D eigenvalue weighted by molar-refractivity contribution is -0.139. The molecule has 0 unspecified atom stereocenters. The normalized spacial score (nSPS) is 10.6. The molecule has 3 heteroatoms. The molecule has 0 saturated heterocycles. The predicted molar refractivity (Wildman–Crippen MR) is 92.9 cm³/mol. The molecule has 0 aliphatic rings. The van der Waals surface area contributed by atoms with E-state index in [2.05, 4.69) is 54.4 Å². The van der Waals surface area contributed by atoms with Crippen LogP contribution in [-0.4, -0.2) is 13.1 Å². The summed E-state index contributed by atoms with van der Waals surface area (Å²) in [7, 11) is 1.39. The molecule has 3 rings (SSSR count). The van der Waals surface area contributed by atoms with Gasteiger partial charge in [0, 0.05) is 4.88 Å². The third kappa shape index (κ3) is 2.81. The van der Waals surface area contributed by atoms with Crippen molar-refractivity contribution in [3.63, 3.8) is 0 Å². The Morgan fingerprint density at radius 1 is 1.18 bits per heavy atom. The number of carbonyl (C=O) groups excluding carboxylic acids is 1. The molecule has 2 aromatic carbocycles. The van der Waals surface area contributed by atoms with E-state index in [0.29, 0.717) is 0 Å². The van der Waals surface area contributed by atoms with Crippen molar-refractivity contribution in [2.24, 2.45) is 0 Å². The summed E-state index contributed by atoms with van der Waals surface area (Å²) >= 11 is 1.61. The lowest BCUT2D eigenvalue weighted by Crippen LogP contribution is -1.99. The maximum absolute atomic E-state index is 11.4. The standard InChI is InChI=1S/C19H16O2S/c1-13(10-19(20)21-2)18-11-15(12-22-18)17-9-5-7-14-6-3-4-8-16(14)17/h3-9,11-12H,1,10H2,2H3. The van der Waals surface area contributed by atoms with Gasteiger partial charge in [-0.3, -0.25) is 4.79 Å². The Kier molecular flexibility index (Phi) is 4.07. The van der Waals surface area contributed by atoms with E-state index in [1.165, 1.54) is 23.4 Å². The van der Waals surface area contributed by atoms with Crippen molar-refractivity contribution in [1.29, 1.82) is 0 Å². The molecule has 0 atom stereocenters. The maximum atomic E-state index is 11.4. The molecule has 0 bridgehead atoms. The Morgan fingerprint density at radius 2 is 1.95 bits per heavy atom. The van der Waals surface area contributed by atoms with Gasteiger partial charge in [-0.25, -0.2) is 0 Å². The van der Waals surface area contributed by atoms with Crippen molar-refractivity contribution < 1.29 is 9.53 Å². The Balaban J connectivity index is 1.96. The van der Waals surface area contributed by atoms with Crippen molar-refractivity contribution in [2.45, 2.75) is 6.42 Å². The highest BCUT2D eigenvalue weighted by molar-refractivity contribution is 7.11. The number of carbonyl (C=O) groups is 1. The minimum atomic E-state index is -0.259. The summed E-state index contributed by atoms with van der Waals surface area (Å²) in [5.74, 6) is -0.259. The summed E-state index contributed by atoms with van der Waals surface area (Å²) in [6, 6.07) is 16.7. The van der Waals surface area contributed by atoms with Crippen molar-refractivity contribution in [1.82, 2.24) is 0 Å². The van der Waals surface area contributed by atoms with E-state index < -0.39 is 0 Å². The molecule has 0 amide bonds. The number of fused-ring (bicyclic) bond motifs is 1. The van der Waals surface area contributed by atoms with Gasteiger partial charge in [0.2, 0.25) is 0 Å². The molecule has 1 heterocycles. The van der Waals surface area contributed by atoms with E-state index in [1.807, 2.05) is 6.07 Å². The fourth-order valence-electron chi connectivity index (χ4n) is 2.47. The minimum Gasteiger partial charge on any atom is -0.469 e. The highest BCUT2D eigenvalue weighted by Gasteiger charge is 2.11. The zero-order valence-corrected chi connectivity index (χ0v) is 13.2. The van der Waals surface area contributed by atoms with Gasteiger partial charge in [0.1, 0.15) is 0 Å². The van der Waals surface area contributed by atoms with Crippen LogP contribution in [-0.2, 0) is 9.53 Å². The van der Waals surface area contributed by atoms with E-state index in [4.69, 9.17) is 4.74 Å². The number of hydrogen-bond acceptors (Lipinski definition) is 3. The first-order valence-corrected chi connectivity index (χ1v) is 7.88. The molecule has 110 valence electrons. The van der Waals surface area contributed by atoms with Gasteiger partial charge in [0.25, 0.3) is 0 Å². The molecule has 0 aliphatic carbocycles. The lowest BCUT2D eigenvalue weighted by Gasteiger charge is -2.04. The van der Waals surface area contributed by atoms with Crippen molar-refractivity contribution in [3.05, 3.63) is 65.4 Å². The fourth-order valence-corrected chi connectivity index (χ4v) is 3.36. The van der Waals surface area contributed by atoms with Gasteiger partial charge in [-0.2, -0.15) is 0 Å². The molecule has 22 heavy (non-hydrogen) atoms. The molecular weight excluding hydrogens is 292 g/mol. The van der Waals surface area contributed by atoms with E-state index in [9.17, 15) is 4.79 Å². The summed E-state index contributed by atoms with van der Waals surface area (Å²) in [6.45, 7) is 3.99. The first-order chi connectivity index (χ1) is 10.7. The molecule has 0 fully saturated rings. The van der Waals surface area contributed by atoms with Gasteiger partial charge >= 0.3 is 5.97 Å². The Hall–Kier alpha value is -2.39. The molecule has 0 saturated carbocycles. The third-order valence-corrected chi connectivity index (χ3v) is 4.67. The van der Waals surface area contributed by atoms with E-state index in [0.717, 1.165) is 16.0 Å². The fraction of sp³-hybridized carbons (Fsp3) is 0.105. The summed E-state index contributed by atoms with van der Waals surface area (Å²) in [5.41, 5.74) is 3.15. The molecule has 1 aromatic heterocycles. The van der Waals surface area contributed by atoms with Gasteiger partial charge in [-0.05, 0) is 38.9 Å². The van der Waals surface area contributed by atoms with Crippen LogP contribution in [0.2, 0.25) is 0 Å². The monoisotopic (exact) mass is 308 g/mol. The topological polar surface area (TPSA) is 26.3 Å². The van der Waals surface area contributed by atoms with Gasteiger partial charge in [-0.1, -0.05) is 49.0 Å². The second kappa shape index (κ2) is 6.16. The maximum Gasteiger partial charge on any atom is 0.310 e. The van der Waals surface area contributed by atoms with Crippen LogP contribution in [0.25, 0.3) is 27.5 Å². The minimum absolute atomic E-state index is 0.228. The second-order valence-electron chi connectivity index (χ2n) is 5.08. The second-order valence-corrected chi connectivity index (χ2v) is 5.99. The van der Waals surface area contributed by atoms with Crippen LogP contribution in [0.15, 0.2) is 60.5 Å². The zero-order valence-electron chi connectivity index (χ0n) is 12.3. The number of rotatable bonds is 4. The van der Waals surface area contributed by atoms with Gasteiger partial charge < -0.3 is 4.74 Å². The quantitative estimate of drug-likeness (QED) is 0.623. The van der Waals surface area contributed by atoms with E-state index in [1.54, 1.807) is 11.3 Å². The highest BCUT2D eigenvalue weighted by atomic mass is 32.1. The smallest absolute Gasteiger partial charge is 0.310 e. The van der Waals surface area contributed by atoms with Gasteiger partial charge in [0.15, 0.2) is 0 Å². The molecule has 0 N–H and O–H groups in total. The summed E-state index contributed by atoms with van der Waals surface area (Å²) in [5, 5.41) is 4.56. The van der Waals surface area contributed by atoms with Crippen molar-refractivity contribution >= 4 is 33.7 Å². The third-order valence-electron chi connectivity index (χ3n) is 3.63. The summed E-state index contributed by atoms with van der Waals surface area (Å²) < 4.78 is 4.70. The van der Waals surface area contributed by atoms with E-state index in [-0.39, 0.29) is 12.4 Å². The van der Waals surface area contributed by atoms with Gasteiger partial charge in [-0.15, -0.1) is 11.3 Å². The number of methoxy groups -OCH3 is 1. The number of esters is 1. The Labute approximate surface area is 133 Å². The van der Waals surface area contributed by atoms with E-state index >= 15 is 0 Å². The first-order valence-electron chi connectivity index (χ1n) is 7.00. The molecule has 2 nitrogen and oxygen atoms in total. The van der Waals surface area contributed by atoms with Crippen LogP contribution in [0, 0.1) is 0 Å². The largest absolute Gasteiger partial charge is 0.469 e. The van der Waals surface area contributed by atoms with Crippen LogP contribution < -0.4 is 0 Å². The summed E-state index contributed by atoms with van der Waals surface area (Å²) in [6.07, 6.45) is 0.228. The molecular formula is C19H16O2S. The molecule has 0 radical (unpaired) electrons. The van der Waals surface area contributed by atoms with Crippen LogP contribution in [0.1, 0.15) is 11.3 Å². The van der Waals surface area contributed by atoms with Crippen LogP contribution in [0.5, 0.6) is 0 Å². The SMILES string of the molecule is C=C(CC(=O)OC)c1cc(-c2cccc3ccccc23)cs1. The Morgan fingerprint density at radius 3 is 2.77 bits per heavy atom. The van der Waals surface area contributed by atoms with Crippen LogP contribution in [0.4, 0.5) is 0 Å². The molecule has 0 spiro atoms. The predicted octanol–water partition coefficient (Wildman–Crippen LogP) is 5.14. The average molecular weight is 308 g/mol. The van der Waals surface area contributed by atoms with Crippen LogP contribution >= 0.6 is 11.3 Å². The lowest BCUT2D eigenvalue weighted by atomic mass is 10.00. The highest BCUT2D eigenvalue weighted by Crippen LogP contribution is 2.34. The Bertz CT molecular complexity index is 840. The number of benzene rings is 2. The number of hydrogen-bond donors (Lipinski definition) is 0. The van der Waals surface area contributed by atoms with Crippen molar-refractivity contribution in [2.75, 3.05) is 7.11 Å². The number of thiophene rings is 1.